The van der Waals surface area contributed by atoms with E-state index < -0.39 is 11.8 Å². The van der Waals surface area contributed by atoms with Crippen LogP contribution in [0.15, 0.2) is 23.4 Å². The van der Waals surface area contributed by atoms with Crippen molar-refractivity contribution in [3.63, 3.8) is 0 Å². The molecule has 1 aromatic carbocycles. The monoisotopic (exact) mass is 444 g/mol. The van der Waals surface area contributed by atoms with Crippen molar-refractivity contribution in [1.82, 2.24) is 4.98 Å². The molecule has 0 N–H and O–H groups in total. The van der Waals surface area contributed by atoms with E-state index in [-0.39, 0.29) is 31.5 Å². The minimum Gasteiger partial charge on any atom is -0.484 e. The normalized spacial score (nSPS) is 14.2. The molecule has 1 aliphatic heterocycles. The molecule has 0 amide bonds. The highest BCUT2D eigenvalue weighted by atomic mass is 19.1. The first kappa shape index (κ1) is 23.7. The SMILES string of the molecule is CCC(C)c1nc(Cc2c(C)cc(OCC3=NOC(=O)C3)c(F)c2C)ccc1OCOC. The number of carbonyl (C=O) groups excluding carboxylic acids is 1. The fourth-order valence-electron chi connectivity index (χ4n) is 3.50. The highest BCUT2D eigenvalue weighted by Gasteiger charge is 2.21. The van der Waals surface area contributed by atoms with Crippen LogP contribution in [0.1, 0.15) is 60.7 Å². The van der Waals surface area contributed by atoms with Crippen molar-refractivity contribution in [3.05, 3.63) is 52.1 Å². The van der Waals surface area contributed by atoms with E-state index in [2.05, 4.69) is 23.8 Å². The number of halogens is 1. The predicted octanol–water partition coefficient (Wildman–Crippen LogP) is 4.61. The van der Waals surface area contributed by atoms with Crippen LogP contribution in [-0.4, -0.2) is 37.2 Å². The summed E-state index contributed by atoms with van der Waals surface area (Å²) in [4.78, 5) is 20.5. The molecule has 0 saturated carbocycles. The Morgan fingerprint density at radius 1 is 1.22 bits per heavy atom. The molecule has 3 rings (SSSR count). The highest BCUT2D eigenvalue weighted by molar-refractivity contribution is 6.02. The van der Waals surface area contributed by atoms with Crippen molar-refractivity contribution in [2.75, 3.05) is 20.5 Å². The Morgan fingerprint density at radius 2 is 2.00 bits per heavy atom. The number of methoxy groups -OCH3 is 1. The van der Waals surface area contributed by atoms with E-state index in [0.29, 0.717) is 23.4 Å². The van der Waals surface area contributed by atoms with Gasteiger partial charge in [-0.05, 0) is 55.2 Å². The molecule has 1 aliphatic rings. The van der Waals surface area contributed by atoms with Gasteiger partial charge >= 0.3 is 5.97 Å². The minimum atomic E-state index is -0.435. The van der Waals surface area contributed by atoms with Gasteiger partial charge in [-0.15, -0.1) is 0 Å². The van der Waals surface area contributed by atoms with Crippen molar-refractivity contribution in [1.29, 1.82) is 0 Å². The Balaban J connectivity index is 1.82. The number of carbonyl (C=O) groups is 1. The van der Waals surface area contributed by atoms with Crippen molar-refractivity contribution < 1.29 is 28.2 Å². The third kappa shape index (κ3) is 5.43. The Labute approximate surface area is 187 Å². The number of oxime groups is 1. The molecule has 0 bridgehead atoms. The molecular formula is C24H29FN2O5. The largest absolute Gasteiger partial charge is 0.484 e. The molecule has 0 spiro atoms. The van der Waals surface area contributed by atoms with E-state index >= 15 is 4.39 Å². The minimum absolute atomic E-state index is 0.00362. The number of hydrogen-bond donors (Lipinski definition) is 0. The smallest absolute Gasteiger partial charge is 0.340 e. The van der Waals surface area contributed by atoms with Crippen molar-refractivity contribution >= 4 is 11.7 Å². The predicted molar refractivity (Wildman–Crippen MR) is 118 cm³/mol. The zero-order valence-electron chi connectivity index (χ0n) is 19.2. The maximum absolute atomic E-state index is 15.0. The van der Waals surface area contributed by atoms with Gasteiger partial charge in [0.1, 0.15) is 18.1 Å². The number of hydrogen-bond acceptors (Lipinski definition) is 7. The van der Waals surface area contributed by atoms with Crippen molar-refractivity contribution in [2.24, 2.45) is 5.16 Å². The van der Waals surface area contributed by atoms with E-state index in [1.807, 2.05) is 19.1 Å². The van der Waals surface area contributed by atoms with E-state index in [1.165, 1.54) is 0 Å². The first-order valence-electron chi connectivity index (χ1n) is 10.6. The summed E-state index contributed by atoms with van der Waals surface area (Å²) in [6, 6.07) is 5.46. The van der Waals surface area contributed by atoms with Gasteiger partial charge in [-0.25, -0.2) is 9.18 Å². The molecule has 172 valence electrons. The van der Waals surface area contributed by atoms with Crippen LogP contribution >= 0.6 is 0 Å². The Hall–Kier alpha value is -3.00. The van der Waals surface area contributed by atoms with Crippen LogP contribution < -0.4 is 9.47 Å². The summed E-state index contributed by atoms with van der Waals surface area (Å²) in [5, 5.41) is 3.63. The standard InChI is InChI=1S/C24H29FN2O5/c1-6-14(2)24-20(31-13-29-5)8-7-17(26-24)10-19-15(3)9-21(23(25)16(19)4)30-12-18-11-22(28)32-27-18/h7-9,14H,6,10-13H2,1-5H3. The summed E-state index contributed by atoms with van der Waals surface area (Å²) in [6.07, 6.45) is 1.46. The van der Waals surface area contributed by atoms with Gasteiger partial charge in [0, 0.05) is 25.1 Å². The number of nitrogens with zero attached hydrogens (tertiary/aromatic N) is 2. The third-order valence-corrected chi connectivity index (χ3v) is 5.55. The maximum atomic E-state index is 15.0. The Kier molecular flexibility index (Phi) is 7.80. The summed E-state index contributed by atoms with van der Waals surface area (Å²) in [7, 11) is 1.58. The number of rotatable bonds is 10. The van der Waals surface area contributed by atoms with Gasteiger partial charge in [-0.2, -0.15) is 0 Å². The van der Waals surface area contributed by atoms with Gasteiger partial charge in [0.05, 0.1) is 12.1 Å². The summed E-state index contributed by atoms with van der Waals surface area (Å²) in [6.45, 7) is 8.00. The van der Waals surface area contributed by atoms with Crippen LogP contribution in [0.5, 0.6) is 11.5 Å². The van der Waals surface area contributed by atoms with Crippen LogP contribution in [0.25, 0.3) is 0 Å². The molecule has 8 heteroatoms. The van der Waals surface area contributed by atoms with E-state index in [0.717, 1.165) is 28.9 Å². The molecule has 2 aromatic rings. The summed E-state index contributed by atoms with van der Waals surface area (Å²) in [5.41, 5.74) is 4.40. The van der Waals surface area contributed by atoms with Crippen LogP contribution in [-0.2, 0) is 20.8 Å². The molecular weight excluding hydrogens is 415 g/mol. The molecule has 2 heterocycles. The number of aromatic nitrogens is 1. The molecule has 1 atom stereocenters. The zero-order chi connectivity index (χ0) is 23.3. The average Bonchev–Trinajstić information content (AvgIpc) is 3.21. The molecule has 0 saturated heterocycles. The molecule has 0 fully saturated rings. The topological polar surface area (TPSA) is 79.2 Å². The van der Waals surface area contributed by atoms with Crippen LogP contribution in [0.2, 0.25) is 0 Å². The third-order valence-electron chi connectivity index (χ3n) is 5.55. The van der Waals surface area contributed by atoms with Gasteiger partial charge < -0.3 is 19.0 Å². The molecule has 32 heavy (non-hydrogen) atoms. The van der Waals surface area contributed by atoms with Gasteiger partial charge in [-0.1, -0.05) is 19.0 Å². The number of aryl methyl sites for hydroxylation is 1. The lowest BCUT2D eigenvalue weighted by Crippen LogP contribution is -2.12. The average molecular weight is 445 g/mol. The van der Waals surface area contributed by atoms with Crippen LogP contribution in [0.3, 0.4) is 0 Å². The van der Waals surface area contributed by atoms with Crippen molar-refractivity contribution in [2.45, 2.75) is 52.9 Å². The fraction of sp³-hybridized carbons (Fsp3) is 0.458. The van der Waals surface area contributed by atoms with Crippen molar-refractivity contribution in [3.8, 4) is 11.5 Å². The quantitative estimate of drug-likeness (QED) is 0.393. The van der Waals surface area contributed by atoms with Gasteiger partial charge in [0.15, 0.2) is 18.4 Å². The highest BCUT2D eigenvalue weighted by Crippen LogP contribution is 2.31. The fourth-order valence-corrected chi connectivity index (χ4v) is 3.50. The second kappa shape index (κ2) is 10.5. The second-order valence-electron chi connectivity index (χ2n) is 7.92. The molecule has 1 unspecified atom stereocenters. The first-order valence-corrected chi connectivity index (χ1v) is 10.6. The molecule has 0 aliphatic carbocycles. The summed E-state index contributed by atoms with van der Waals surface area (Å²) >= 11 is 0. The number of ether oxygens (including phenoxy) is 3. The van der Waals surface area contributed by atoms with Gasteiger partial charge in [0.2, 0.25) is 0 Å². The van der Waals surface area contributed by atoms with E-state index in [4.69, 9.17) is 19.2 Å². The summed E-state index contributed by atoms with van der Waals surface area (Å²) < 4.78 is 31.3. The molecule has 1 aromatic heterocycles. The van der Waals surface area contributed by atoms with Gasteiger partial charge in [-0.3, -0.25) is 4.98 Å². The maximum Gasteiger partial charge on any atom is 0.340 e. The lowest BCUT2D eigenvalue weighted by atomic mass is 9.96. The molecule has 0 radical (unpaired) electrons. The Morgan fingerprint density at radius 3 is 2.66 bits per heavy atom. The molecule has 7 nitrogen and oxygen atoms in total. The van der Waals surface area contributed by atoms with Crippen LogP contribution in [0.4, 0.5) is 4.39 Å². The lowest BCUT2D eigenvalue weighted by Gasteiger charge is -2.18. The summed E-state index contributed by atoms with van der Waals surface area (Å²) in [5.74, 6) is 0.173. The second-order valence-corrected chi connectivity index (χ2v) is 7.92. The van der Waals surface area contributed by atoms with Gasteiger partial charge in [0.25, 0.3) is 0 Å². The van der Waals surface area contributed by atoms with Crippen LogP contribution in [0, 0.1) is 19.7 Å². The lowest BCUT2D eigenvalue weighted by molar-refractivity contribution is -0.140. The Bertz CT molecular complexity index is 1020. The van der Waals surface area contributed by atoms with E-state index in [9.17, 15) is 4.79 Å². The van der Waals surface area contributed by atoms with E-state index in [1.54, 1.807) is 20.1 Å². The number of pyridine rings is 1. The zero-order valence-corrected chi connectivity index (χ0v) is 19.2. The number of benzene rings is 1. The first-order chi connectivity index (χ1) is 15.3.